The minimum Gasteiger partial charge on any atom is -0.463 e. The summed E-state index contributed by atoms with van der Waals surface area (Å²) in [7, 11) is 0. The van der Waals surface area contributed by atoms with Gasteiger partial charge < -0.3 is 9.84 Å². The average Bonchev–Trinajstić information content (AvgIpc) is 2.59. The number of aromatic nitrogens is 2. The van der Waals surface area contributed by atoms with E-state index in [1.54, 1.807) is 24.3 Å². The van der Waals surface area contributed by atoms with Crippen LogP contribution in [0.4, 0.5) is 4.79 Å². The molecule has 1 aromatic heterocycles. The zero-order chi connectivity index (χ0) is 10.8. The molecule has 1 aromatic carbocycles. The van der Waals surface area contributed by atoms with Crippen LogP contribution in [0.1, 0.15) is 0 Å². The van der Waals surface area contributed by atoms with Gasteiger partial charge in [-0.05, 0) is 12.1 Å². The van der Waals surface area contributed by atoms with Crippen molar-refractivity contribution in [1.82, 2.24) is 9.78 Å². The quantitative estimate of drug-likeness (QED) is 0.744. The molecule has 6 nitrogen and oxygen atoms in total. The Morgan fingerprint density at radius 3 is 2.87 bits per heavy atom. The van der Waals surface area contributed by atoms with Gasteiger partial charge in [0, 0.05) is 0 Å². The van der Waals surface area contributed by atoms with E-state index in [-0.39, 0.29) is 12.4 Å². The minimum atomic E-state index is -1.23. The predicted molar refractivity (Wildman–Crippen MR) is 49.8 cm³/mol. The minimum absolute atomic E-state index is 0.0111. The van der Waals surface area contributed by atoms with Crippen molar-refractivity contribution < 1.29 is 19.4 Å². The molecule has 0 fully saturated rings. The van der Waals surface area contributed by atoms with Crippen molar-refractivity contribution in [1.29, 1.82) is 0 Å². The molecule has 0 aliphatic rings. The lowest BCUT2D eigenvalue weighted by atomic mass is 10.2. The first-order valence-electron chi connectivity index (χ1n) is 4.05. The number of ether oxygens (including phenoxy) is 1. The standard InChI is InChI=1S/C9H6N2O4/c12-5-15-8-6-3-1-2-4-7(6)11(10-8)9(13)14/h1-5H,(H,13,14). The fourth-order valence-electron chi connectivity index (χ4n) is 1.32. The van der Waals surface area contributed by atoms with E-state index in [1.165, 1.54) is 0 Å². The molecule has 6 heteroatoms. The molecule has 0 atom stereocenters. The lowest BCUT2D eigenvalue weighted by molar-refractivity contribution is -0.120. The summed E-state index contributed by atoms with van der Waals surface area (Å²) >= 11 is 0. The number of hydrogen-bond donors (Lipinski definition) is 1. The Labute approximate surface area is 83.7 Å². The molecule has 0 bridgehead atoms. The summed E-state index contributed by atoms with van der Waals surface area (Å²) in [5.74, 6) is -0.0111. The fraction of sp³-hybridized carbons (Fsp3) is 0. The highest BCUT2D eigenvalue weighted by atomic mass is 16.5. The van der Waals surface area contributed by atoms with Gasteiger partial charge in [-0.15, -0.1) is 5.10 Å². The SMILES string of the molecule is O=COc1nn(C(=O)O)c2ccccc12. The van der Waals surface area contributed by atoms with Crippen molar-refractivity contribution >= 4 is 23.5 Å². The van der Waals surface area contributed by atoms with Crippen molar-refractivity contribution in [3.05, 3.63) is 24.3 Å². The van der Waals surface area contributed by atoms with Crippen molar-refractivity contribution in [2.24, 2.45) is 0 Å². The summed E-state index contributed by atoms with van der Waals surface area (Å²) in [6.45, 7) is 0.209. The molecule has 2 rings (SSSR count). The van der Waals surface area contributed by atoms with E-state index in [0.717, 1.165) is 4.68 Å². The first-order valence-corrected chi connectivity index (χ1v) is 4.05. The second-order valence-electron chi connectivity index (χ2n) is 2.73. The lowest BCUT2D eigenvalue weighted by Crippen LogP contribution is -2.09. The van der Waals surface area contributed by atoms with Crippen molar-refractivity contribution in [2.45, 2.75) is 0 Å². The average molecular weight is 206 g/mol. The van der Waals surface area contributed by atoms with E-state index in [4.69, 9.17) is 5.11 Å². The van der Waals surface area contributed by atoms with Crippen LogP contribution in [0.5, 0.6) is 5.88 Å². The van der Waals surface area contributed by atoms with Gasteiger partial charge in [0.2, 0.25) is 5.88 Å². The molecule has 0 saturated carbocycles. The zero-order valence-electron chi connectivity index (χ0n) is 7.45. The van der Waals surface area contributed by atoms with Crippen LogP contribution in [0.25, 0.3) is 10.9 Å². The summed E-state index contributed by atoms with van der Waals surface area (Å²) in [6.07, 6.45) is -1.23. The van der Waals surface area contributed by atoms with E-state index in [9.17, 15) is 9.59 Å². The summed E-state index contributed by atoms with van der Waals surface area (Å²) in [5.41, 5.74) is 0.377. The lowest BCUT2D eigenvalue weighted by Gasteiger charge is -1.92. The van der Waals surface area contributed by atoms with Gasteiger partial charge in [-0.1, -0.05) is 12.1 Å². The van der Waals surface area contributed by atoms with E-state index >= 15 is 0 Å². The Morgan fingerprint density at radius 1 is 1.47 bits per heavy atom. The predicted octanol–water partition coefficient (Wildman–Crippen LogP) is 1.10. The van der Waals surface area contributed by atoms with Gasteiger partial charge in [-0.25, -0.2) is 4.79 Å². The number of benzene rings is 1. The van der Waals surface area contributed by atoms with Gasteiger partial charge >= 0.3 is 6.09 Å². The number of rotatable bonds is 2. The topological polar surface area (TPSA) is 81.4 Å². The van der Waals surface area contributed by atoms with Crippen LogP contribution in [0.3, 0.4) is 0 Å². The van der Waals surface area contributed by atoms with Crippen molar-refractivity contribution in [3.8, 4) is 5.88 Å². The maximum atomic E-state index is 10.8. The van der Waals surface area contributed by atoms with E-state index in [0.29, 0.717) is 10.9 Å². The van der Waals surface area contributed by atoms with Gasteiger partial charge in [0.25, 0.3) is 6.47 Å². The molecule has 0 radical (unpaired) electrons. The first kappa shape index (κ1) is 9.20. The molecule has 1 N–H and O–H groups in total. The summed E-state index contributed by atoms with van der Waals surface area (Å²) < 4.78 is 5.33. The number of nitrogens with zero attached hydrogens (tertiary/aromatic N) is 2. The summed E-state index contributed by atoms with van der Waals surface area (Å²) in [6, 6.07) is 6.58. The maximum absolute atomic E-state index is 10.8. The number of para-hydroxylation sites is 1. The third-order valence-corrected chi connectivity index (χ3v) is 1.89. The summed E-state index contributed by atoms with van der Waals surface area (Å²) in [4.78, 5) is 21.0. The Balaban J connectivity index is 2.72. The number of carbonyl (C=O) groups excluding carboxylic acids is 1. The van der Waals surface area contributed by atoms with E-state index < -0.39 is 6.09 Å². The smallest absolute Gasteiger partial charge is 0.432 e. The van der Waals surface area contributed by atoms with Crippen LogP contribution < -0.4 is 4.74 Å². The van der Waals surface area contributed by atoms with Crippen LogP contribution >= 0.6 is 0 Å². The molecule has 0 aliphatic carbocycles. The Bertz CT molecular complexity index is 532. The molecular formula is C9H6N2O4. The van der Waals surface area contributed by atoms with Crippen LogP contribution in [0.15, 0.2) is 24.3 Å². The Hall–Kier alpha value is -2.37. The van der Waals surface area contributed by atoms with Crippen LogP contribution in [-0.2, 0) is 4.79 Å². The maximum Gasteiger partial charge on any atom is 0.432 e. The van der Waals surface area contributed by atoms with Gasteiger partial charge in [0.05, 0.1) is 10.9 Å². The molecule has 0 saturated heterocycles. The van der Waals surface area contributed by atoms with Crippen molar-refractivity contribution in [2.75, 3.05) is 0 Å². The van der Waals surface area contributed by atoms with E-state index in [1.807, 2.05) is 0 Å². The molecule has 0 unspecified atom stereocenters. The van der Waals surface area contributed by atoms with Gasteiger partial charge in [0.1, 0.15) is 0 Å². The monoisotopic (exact) mass is 206 g/mol. The third-order valence-electron chi connectivity index (χ3n) is 1.89. The fourth-order valence-corrected chi connectivity index (χ4v) is 1.32. The third kappa shape index (κ3) is 1.41. The highest BCUT2D eigenvalue weighted by molar-refractivity contribution is 5.91. The molecule has 1 heterocycles. The van der Waals surface area contributed by atoms with Crippen LogP contribution in [0, 0.1) is 0 Å². The molecule has 0 aliphatic heterocycles. The van der Waals surface area contributed by atoms with Gasteiger partial charge in [0.15, 0.2) is 0 Å². The Morgan fingerprint density at radius 2 is 2.20 bits per heavy atom. The first-order chi connectivity index (χ1) is 7.24. The Kier molecular flexibility index (Phi) is 2.09. The summed E-state index contributed by atoms with van der Waals surface area (Å²) in [5, 5.41) is 12.9. The number of hydrogen-bond acceptors (Lipinski definition) is 4. The zero-order valence-corrected chi connectivity index (χ0v) is 7.45. The molecule has 0 spiro atoms. The molecular weight excluding hydrogens is 200 g/mol. The number of carbonyl (C=O) groups is 2. The highest BCUT2D eigenvalue weighted by Gasteiger charge is 2.14. The van der Waals surface area contributed by atoms with Crippen LogP contribution in [0.2, 0.25) is 0 Å². The molecule has 2 aromatic rings. The van der Waals surface area contributed by atoms with Gasteiger partial charge in [-0.3, -0.25) is 4.79 Å². The second kappa shape index (κ2) is 3.41. The molecule has 0 amide bonds. The molecule has 76 valence electrons. The molecule has 15 heavy (non-hydrogen) atoms. The normalized spacial score (nSPS) is 10.1. The number of carboxylic acid groups (broad SMARTS) is 1. The highest BCUT2D eigenvalue weighted by Crippen LogP contribution is 2.23. The largest absolute Gasteiger partial charge is 0.463 e. The second-order valence-corrected chi connectivity index (χ2v) is 2.73. The van der Waals surface area contributed by atoms with Crippen molar-refractivity contribution in [3.63, 3.8) is 0 Å². The van der Waals surface area contributed by atoms with E-state index in [2.05, 4.69) is 9.84 Å². The number of fused-ring (bicyclic) bond motifs is 1. The van der Waals surface area contributed by atoms with Crippen LogP contribution in [-0.4, -0.2) is 27.5 Å². The van der Waals surface area contributed by atoms with Gasteiger partial charge in [-0.2, -0.15) is 4.68 Å².